The van der Waals surface area contributed by atoms with Gasteiger partial charge in [-0.15, -0.1) is 5.10 Å². The molecule has 1 aromatic heterocycles. The minimum atomic E-state index is -0.458. The van der Waals surface area contributed by atoms with Crippen molar-refractivity contribution in [2.24, 2.45) is 0 Å². The molecule has 0 aromatic carbocycles. The monoisotopic (exact) mass is 255 g/mol. The maximum atomic E-state index is 11.8. The molecule has 8 heteroatoms. The van der Waals surface area contributed by atoms with E-state index in [0.717, 1.165) is 13.1 Å². The predicted molar refractivity (Wildman–Crippen MR) is 62.1 cm³/mol. The summed E-state index contributed by atoms with van der Waals surface area (Å²) < 4.78 is 11.6. The van der Waals surface area contributed by atoms with E-state index < -0.39 is 6.29 Å². The molecule has 1 aliphatic rings. The number of hydrogen-bond donors (Lipinski definition) is 2. The van der Waals surface area contributed by atoms with Gasteiger partial charge in [0, 0.05) is 27.3 Å². The van der Waals surface area contributed by atoms with E-state index >= 15 is 0 Å². The topological polar surface area (TPSA) is 90.3 Å². The van der Waals surface area contributed by atoms with Crippen molar-refractivity contribution < 1.29 is 14.3 Å². The van der Waals surface area contributed by atoms with Gasteiger partial charge in [0.05, 0.1) is 18.8 Å². The molecule has 1 aromatic rings. The molecule has 18 heavy (non-hydrogen) atoms. The maximum Gasteiger partial charge on any atom is 0.273 e. The Morgan fingerprint density at radius 1 is 1.61 bits per heavy atom. The molecule has 1 saturated heterocycles. The van der Waals surface area contributed by atoms with E-state index in [4.69, 9.17) is 9.47 Å². The third kappa shape index (κ3) is 2.84. The Morgan fingerprint density at radius 3 is 2.89 bits per heavy atom. The summed E-state index contributed by atoms with van der Waals surface area (Å²) in [5.74, 6) is -0.285. The zero-order chi connectivity index (χ0) is 13.0. The van der Waals surface area contributed by atoms with Crippen molar-refractivity contribution >= 4 is 5.91 Å². The molecular formula is C10H17N5O3. The van der Waals surface area contributed by atoms with Crippen LogP contribution in [0.5, 0.6) is 0 Å². The van der Waals surface area contributed by atoms with Crippen LogP contribution in [-0.4, -0.2) is 61.0 Å². The molecule has 0 atom stereocenters. The smallest absolute Gasteiger partial charge is 0.273 e. The first kappa shape index (κ1) is 12.9. The normalized spacial score (nSPS) is 15.7. The van der Waals surface area contributed by atoms with Gasteiger partial charge in [0.15, 0.2) is 12.0 Å². The van der Waals surface area contributed by atoms with Gasteiger partial charge in [0.1, 0.15) is 0 Å². The van der Waals surface area contributed by atoms with Gasteiger partial charge < -0.3 is 20.1 Å². The second-order valence-corrected chi connectivity index (χ2v) is 4.01. The van der Waals surface area contributed by atoms with Gasteiger partial charge in [-0.2, -0.15) is 0 Å². The van der Waals surface area contributed by atoms with E-state index in [-0.39, 0.29) is 12.5 Å². The van der Waals surface area contributed by atoms with Crippen molar-refractivity contribution in [1.82, 2.24) is 25.6 Å². The van der Waals surface area contributed by atoms with E-state index in [1.807, 2.05) is 0 Å². The zero-order valence-electron chi connectivity index (χ0n) is 10.4. The van der Waals surface area contributed by atoms with E-state index in [1.54, 1.807) is 10.9 Å². The zero-order valence-corrected chi connectivity index (χ0v) is 10.4. The number of ether oxygens (including phenoxy) is 2. The number of hydrogen-bond acceptors (Lipinski definition) is 6. The lowest BCUT2D eigenvalue weighted by Gasteiger charge is -2.26. The number of carbonyl (C=O) groups excluding carboxylic acids is 1. The third-order valence-corrected chi connectivity index (χ3v) is 2.83. The van der Waals surface area contributed by atoms with E-state index in [1.165, 1.54) is 14.2 Å². The highest BCUT2D eigenvalue weighted by Gasteiger charge is 2.21. The van der Waals surface area contributed by atoms with Crippen molar-refractivity contribution in [1.29, 1.82) is 0 Å². The van der Waals surface area contributed by atoms with Crippen LogP contribution in [0.3, 0.4) is 0 Å². The Morgan fingerprint density at radius 2 is 2.33 bits per heavy atom. The Kier molecular flexibility index (Phi) is 4.24. The standard InChI is InChI=1S/C10H17N5O3/c1-17-9(18-2)5-12-10(16)8-6-15(14-13-8)7-3-11-4-7/h6-7,9,11H,3-5H2,1-2H3,(H,12,16). The molecule has 1 aliphatic heterocycles. The lowest BCUT2D eigenvalue weighted by atomic mass is 10.2. The molecule has 8 nitrogen and oxygen atoms in total. The minimum absolute atomic E-state index is 0.268. The van der Waals surface area contributed by atoms with Gasteiger partial charge in [-0.05, 0) is 0 Å². The van der Waals surface area contributed by atoms with Gasteiger partial charge in [-0.25, -0.2) is 4.68 Å². The van der Waals surface area contributed by atoms with Crippen molar-refractivity contribution in [3.63, 3.8) is 0 Å². The molecule has 0 aliphatic carbocycles. The number of amides is 1. The molecule has 2 N–H and O–H groups in total. The third-order valence-electron chi connectivity index (χ3n) is 2.83. The second-order valence-electron chi connectivity index (χ2n) is 4.01. The van der Waals surface area contributed by atoms with Crippen LogP contribution in [0, 0.1) is 0 Å². The SMILES string of the molecule is COC(CNC(=O)c1cn(C2CNC2)nn1)OC. The van der Waals surface area contributed by atoms with Crippen molar-refractivity contribution in [3.05, 3.63) is 11.9 Å². The van der Waals surface area contributed by atoms with Crippen molar-refractivity contribution in [2.75, 3.05) is 33.9 Å². The average molecular weight is 255 g/mol. The van der Waals surface area contributed by atoms with Crippen molar-refractivity contribution in [2.45, 2.75) is 12.3 Å². The van der Waals surface area contributed by atoms with Crippen molar-refractivity contribution in [3.8, 4) is 0 Å². The molecule has 0 unspecified atom stereocenters. The van der Waals surface area contributed by atoms with Crippen LogP contribution in [0.4, 0.5) is 0 Å². The first-order chi connectivity index (χ1) is 8.74. The first-order valence-corrected chi connectivity index (χ1v) is 5.71. The maximum absolute atomic E-state index is 11.8. The Balaban J connectivity index is 1.86. The summed E-state index contributed by atoms with van der Waals surface area (Å²) in [5, 5.41) is 13.6. The Hall–Kier alpha value is -1.51. The summed E-state index contributed by atoms with van der Waals surface area (Å²) in [6, 6.07) is 0.296. The molecule has 0 bridgehead atoms. The van der Waals surface area contributed by atoms with Crippen LogP contribution in [-0.2, 0) is 9.47 Å². The summed E-state index contributed by atoms with van der Waals surface area (Å²) in [6.45, 7) is 1.99. The second kappa shape index (κ2) is 5.89. The van der Waals surface area contributed by atoms with Gasteiger partial charge in [-0.3, -0.25) is 4.79 Å². The summed E-state index contributed by atoms with van der Waals surface area (Å²) in [7, 11) is 3.03. The van der Waals surface area contributed by atoms with Gasteiger partial charge in [-0.1, -0.05) is 5.21 Å². The number of methoxy groups -OCH3 is 2. The van der Waals surface area contributed by atoms with Crippen LogP contribution in [0.25, 0.3) is 0 Å². The highest BCUT2D eigenvalue weighted by Crippen LogP contribution is 2.09. The lowest BCUT2D eigenvalue weighted by molar-refractivity contribution is -0.0974. The summed E-state index contributed by atoms with van der Waals surface area (Å²) >= 11 is 0. The molecule has 2 heterocycles. The fraction of sp³-hybridized carbons (Fsp3) is 0.700. The largest absolute Gasteiger partial charge is 0.354 e. The quantitative estimate of drug-likeness (QED) is 0.619. The van der Waals surface area contributed by atoms with Gasteiger partial charge >= 0.3 is 0 Å². The summed E-state index contributed by atoms with van der Waals surface area (Å²) in [5.41, 5.74) is 0.299. The predicted octanol–water partition coefficient (Wildman–Crippen LogP) is -1.23. The first-order valence-electron chi connectivity index (χ1n) is 5.71. The summed E-state index contributed by atoms with van der Waals surface area (Å²) in [4.78, 5) is 11.8. The summed E-state index contributed by atoms with van der Waals surface area (Å²) in [6.07, 6.45) is 1.19. The Labute approximate surface area is 105 Å². The van der Waals surface area contributed by atoms with Crippen LogP contribution in [0.1, 0.15) is 16.5 Å². The van der Waals surface area contributed by atoms with E-state index in [2.05, 4.69) is 20.9 Å². The number of nitrogens with zero attached hydrogens (tertiary/aromatic N) is 3. The highest BCUT2D eigenvalue weighted by atomic mass is 16.7. The van der Waals surface area contributed by atoms with Crippen LogP contribution >= 0.6 is 0 Å². The number of nitrogens with one attached hydrogen (secondary N) is 2. The molecular weight excluding hydrogens is 238 g/mol. The Bertz CT molecular complexity index is 400. The highest BCUT2D eigenvalue weighted by molar-refractivity contribution is 5.91. The van der Waals surface area contributed by atoms with Crippen LogP contribution in [0.2, 0.25) is 0 Å². The molecule has 1 fully saturated rings. The minimum Gasteiger partial charge on any atom is -0.354 e. The van der Waals surface area contributed by atoms with Gasteiger partial charge in [0.25, 0.3) is 5.91 Å². The van der Waals surface area contributed by atoms with Gasteiger partial charge in [0.2, 0.25) is 0 Å². The molecule has 2 rings (SSSR count). The van der Waals surface area contributed by atoms with E-state index in [9.17, 15) is 4.79 Å². The lowest BCUT2D eigenvalue weighted by Crippen LogP contribution is -2.43. The molecule has 100 valence electrons. The van der Waals surface area contributed by atoms with E-state index in [0.29, 0.717) is 11.7 Å². The molecule has 0 radical (unpaired) electrons. The fourth-order valence-corrected chi connectivity index (χ4v) is 1.55. The molecule has 1 amide bonds. The van der Waals surface area contributed by atoms with Crippen LogP contribution < -0.4 is 10.6 Å². The fourth-order valence-electron chi connectivity index (χ4n) is 1.55. The number of aromatic nitrogens is 3. The number of carbonyl (C=O) groups is 1. The molecule has 0 saturated carbocycles. The number of rotatable bonds is 6. The van der Waals surface area contributed by atoms with Crippen LogP contribution in [0.15, 0.2) is 6.20 Å². The average Bonchev–Trinajstić information content (AvgIpc) is 2.77. The molecule has 0 spiro atoms.